The third kappa shape index (κ3) is 4.09. The standard InChI is InChI=1S/C13H21F3N2O/c14-13(15,16)10-5-3-9(4-6-10)12(19)18-11-2-1-7-17-8-11/h9-11,17H,1-8H2,(H,18,19)/t9?,10?,11-/m0/s1. The molecular weight excluding hydrogens is 257 g/mol. The van der Waals surface area contributed by atoms with Crippen LogP contribution in [-0.2, 0) is 4.79 Å². The molecule has 1 saturated carbocycles. The van der Waals surface area contributed by atoms with E-state index in [9.17, 15) is 18.0 Å². The molecule has 1 atom stereocenters. The van der Waals surface area contributed by atoms with Crippen LogP contribution in [0.3, 0.4) is 0 Å². The summed E-state index contributed by atoms with van der Waals surface area (Å²) in [6, 6.07) is 0.140. The minimum atomic E-state index is -4.10. The topological polar surface area (TPSA) is 41.1 Å². The van der Waals surface area contributed by atoms with Crippen molar-refractivity contribution in [2.45, 2.75) is 50.7 Å². The maximum absolute atomic E-state index is 12.5. The average molecular weight is 278 g/mol. The first kappa shape index (κ1) is 14.6. The van der Waals surface area contributed by atoms with E-state index in [-0.39, 0.29) is 30.7 Å². The zero-order chi connectivity index (χ0) is 13.9. The lowest BCUT2D eigenvalue weighted by Crippen LogP contribution is -2.48. The molecule has 0 bridgehead atoms. The van der Waals surface area contributed by atoms with Crippen molar-refractivity contribution in [3.63, 3.8) is 0 Å². The lowest BCUT2D eigenvalue weighted by atomic mass is 9.81. The van der Waals surface area contributed by atoms with Gasteiger partial charge in [-0.1, -0.05) is 0 Å². The highest BCUT2D eigenvalue weighted by atomic mass is 19.4. The van der Waals surface area contributed by atoms with Crippen molar-refractivity contribution in [2.24, 2.45) is 11.8 Å². The number of nitrogens with one attached hydrogen (secondary N) is 2. The van der Waals surface area contributed by atoms with E-state index in [1.807, 2.05) is 0 Å². The first-order chi connectivity index (χ1) is 8.97. The van der Waals surface area contributed by atoms with Crippen LogP contribution in [0.15, 0.2) is 0 Å². The van der Waals surface area contributed by atoms with Crippen molar-refractivity contribution in [2.75, 3.05) is 13.1 Å². The van der Waals surface area contributed by atoms with E-state index < -0.39 is 12.1 Å². The minimum Gasteiger partial charge on any atom is -0.352 e. The number of rotatable bonds is 2. The van der Waals surface area contributed by atoms with E-state index in [1.165, 1.54) is 0 Å². The number of hydrogen-bond acceptors (Lipinski definition) is 2. The second-order valence-electron chi connectivity index (χ2n) is 5.64. The lowest BCUT2D eigenvalue weighted by molar-refractivity contribution is -0.184. The Balaban J connectivity index is 1.76. The molecule has 0 aromatic carbocycles. The summed E-state index contributed by atoms with van der Waals surface area (Å²) >= 11 is 0. The average Bonchev–Trinajstić information content (AvgIpc) is 2.39. The predicted molar refractivity (Wildman–Crippen MR) is 65.5 cm³/mol. The quantitative estimate of drug-likeness (QED) is 0.813. The van der Waals surface area contributed by atoms with E-state index in [0.717, 1.165) is 25.9 Å². The molecule has 1 heterocycles. The van der Waals surface area contributed by atoms with Gasteiger partial charge in [0.1, 0.15) is 0 Å². The maximum Gasteiger partial charge on any atom is 0.391 e. The molecule has 1 amide bonds. The highest BCUT2D eigenvalue weighted by Gasteiger charge is 2.42. The van der Waals surface area contributed by atoms with Crippen molar-refractivity contribution in [3.05, 3.63) is 0 Å². The van der Waals surface area contributed by atoms with Crippen LogP contribution in [0.2, 0.25) is 0 Å². The van der Waals surface area contributed by atoms with Crippen molar-refractivity contribution in [1.82, 2.24) is 10.6 Å². The SMILES string of the molecule is O=C(N[C@H]1CCCNC1)C1CCC(C(F)(F)F)CC1. The molecule has 3 nitrogen and oxygen atoms in total. The molecule has 0 unspecified atom stereocenters. The van der Waals surface area contributed by atoms with Crippen LogP contribution in [0.1, 0.15) is 38.5 Å². The summed E-state index contributed by atoms with van der Waals surface area (Å²) in [4.78, 5) is 12.0. The maximum atomic E-state index is 12.5. The molecule has 2 rings (SSSR count). The molecule has 0 radical (unpaired) electrons. The number of amides is 1. The molecular formula is C13H21F3N2O. The summed E-state index contributed by atoms with van der Waals surface area (Å²) in [7, 11) is 0. The van der Waals surface area contributed by atoms with Crippen LogP contribution in [-0.4, -0.2) is 31.2 Å². The van der Waals surface area contributed by atoms with Crippen LogP contribution in [0, 0.1) is 11.8 Å². The van der Waals surface area contributed by atoms with E-state index in [0.29, 0.717) is 12.8 Å². The summed E-state index contributed by atoms with van der Waals surface area (Å²) in [5.74, 6) is -1.51. The Kier molecular flexibility index (Phi) is 4.71. The van der Waals surface area contributed by atoms with Crippen molar-refractivity contribution < 1.29 is 18.0 Å². The monoisotopic (exact) mass is 278 g/mol. The van der Waals surface area contributed by atoms with Gasteiger partial charge < -0.3 is 10.6 Å². The van der Waals surface area contributed by atoms with Gasteiger partial charge in [0.25, 0.3) is 0 Å². The number of piperidine rings is 1. The Bertz CT molecular complexity index is 306. The predicted octanol–water partition coefficient (Wildman–Crippen LogP) is 2.22. The molecule has 2 fully saturated rings. The Morgan fingerprint density at radius 2 is 1.79 bits per heavy atom. The molecule has 0 spiro atoms. The Morgan fingerprint density at radius 3 is 2.32 bits per heavy atom. The molecule has 1 aliphatic carbocycles. The molecule has 6 heteroatoms. The second-order valence-corrected chi connectivity index (χ2v) is 5.64. The first-order valence-electron chi connectivity index (χ1n) is 7.04. The largest absolute Gasteiger partial charge is 0.391 e. The highest BCUT2D eigenvalue weighted by Crippen LogP contribution is 2.39. The summed E-state index contributed by atoms with van der Waals surface area (Å²) < 4.78 is 37.6. The van der Waals surface area contributed by atoms with Gasteiger partial charge in [-0.3, -0.25) is 4.79 Å². The first-order valence-corrected chi connectivity index (χ1v) is 7.04. The van der Waals surface area contributed by atoms with Gasteiger partial charge >= 0.3 is 6.18 Å². The number of carbonyl (C=O) groups excluding carboxylic acids is 1. The Hall–Kier alpha value is -0.780. The number of carbonyl (C=O) groups is 1. The lowest BCUT2D eigenvalue weighted by Gasteiger charge is -2.31. The second kappa shape index (κ2) is 6.11. The van der Waals surface area contributed by atoms with E-state index >= 15 is 0 Å². The number of halogens is 3. The highest BCUT2D eigenvalue weighted by molar-refractivity contribution is 5.79. The molecule has 1 saturated heterocycles. The van der Waals surface area contributed by atoms with Gasteiger partial charge in [0, 0.05) is 18.5 Å². The number of hydrogen-bond donors (Lipinski definition) is 2. The van der Waals surface area contributed by atoms with Crippen molar-refractivity contribution >= 4 is 5.91 Å². The van der Waals surface area contributed by atoms with Crippen molar-refractivity contribution in [1.29, 1.82) is 0 Å². The third-order valence-electron chi connectivity index (χ3n) is 4.20. The van der Waals surface area contributed by atoms with Gasteiger partial charge in [0.2, 0.25) is 5.91 Å². The zero-order valence-corrected chi connectivity index (χ0v) is 10.9. The Labute approximate surface area is 111 Å². The number of alkyl halides is 3. The summed E-state index contributed by atoms with van der Waals surface area (Å²) in [6.45, 7) is 1.74. The summed E-state index contributed by atoms with van der Waals surface area (Å²) in [5.41, 5.74) is 0. The zero-order valence-electron chi connectivity index (χ0n) is 10.9. The van der Waals surface area contributed by atoms with Gasteiger partial charge in [0.15, 0.2) is 0 Å². The van der Waals surface area contributed by atoms with Crippen LogP contribution >= 0.6 is 0 Å². The molecule has 0 aromatic rings. The molecule has 0 aromatic heterocycles. The van der Waals surface area contributed by atoms with Gasteiger partial charge in [-0.2, -0.15) is 13.2 Å². The van der Waals surface area contributed by atoms with Gasteiger partial charge in [0.05, 0.1) is 5.92 Å². The Morgan fingerprint density at radius 1 is 1.11 bits per heavy atom. The molecule has 1 aliphatic heterocycles. The fraction of sp³-hybridized carbons (Fsp3) is 0.923. The van der Waals surface area contributed by atoms with Crippen LogP contribution in [0.25, 0.3) is 0 Å². The van der Waals surface area contributed by atoms with E-state index in [1.54, 1.807) is 0 Å². The van der Waals surface area contributed by atoms with E-state index in [4.69, 9.17) is 0 Å². The smallest absolute Gasteiger partial charge is 0.352 e. The molecule has 2 aliphatic rings. The molecule has 2 N–H and O–H groups in total. The van der Waals surface area contributed by atoms with Gasteiger partial charge in [-0.05, 0) is 45.1 Å². The minimum absolute atomic E-state index is 0.0608. The van der Waals surface area contributed by atoms with Crippen molar-refractivity contribution in [3.8, 4) is 0 Å². The van der Waals surface area contributed by atoms with Crippen LogP contribution < -0.4 is 10.6 Å². The van der Waals surface area contributed by atoms with Crippen LogP contribution in [0.5, 0.6) is 0 Å². The normalized spacial score (nSPS) is 32.9. The summed E-state index contributed by atoms with van der Waals surface area (Å²) in [6.07, 6.45) is -1.22. The van der Waals surface area contributed by atoms with Gasteiger partial charge in [-0.15, -0.1) is 0 Å². The van der Waals surface area contributed by atoms with Gasteiger partial charge in [-0.25, -0.2) is 0 Å². The van der Waals surface area contributed by atoms with E-state index in [2.05, 4.69) is 10.6 Å². The molecule has 19 heavy (non-hydrogen) atoms. The fourth-order valence-corrected chi connectivity index (χ4v) is 2.98. The third-order valence-corrected chi connectivity index (χ3v) is 4.20. The summed E-state index contributed by atoms with van der Waals surface area (Å²) in [5, 5.41) is 6.17. The molecule has 110 valence electrons. The fourth-order valence-electron chi connectivity index (χ4n) is 2.98. The van der Waals surface area contributed by atoms with Crippen LogP contribution in [0.4, 0.5) is 13.2 Å².